The molecule has 4 saturated carbocycles. The molecule has 4 fully saturated rings. The third-order valence-electron chi connectivity index (χ3n) is 11.2. The van der Waals surface area contributed by atoms with Gasteiger partial charge in [-0.1, -0.05) is 192 Å². The molecule has 0 heterocycles. The molecular weight excluding hydrogens is 1090 g/mol. The molecule has 0 spiro atoms. The van der Waals surface area contributed by atoms with E-state index in [9.17, 15) is 30.6 Å². The van der Waals surface area contributed by atoms with Gasteiger partial charge in [-0.05, 0) is 86.8 Å². The summed E-state index contributed by atoms with van der Waals surface area (Å²) in [4.78, 5) is 3.34. The van der Waals surface area contributed by atoms with Crippen molar-refractivity contribution in [3.8, 4) is 0 Å². The fraction of sp³-hybridized carbons (Fsp3) is 0.547. The van der Waals surface area contributed by atoms with Crippen molar-refractivity contribution >= 4 is 139 Å². The van der Waals surface area contributed by atoms with E-state index < -0.39 is 41.8 Å². The van der Waals surface area contributed by atoms with Crippen LogP contribution in [0, 0.1) is 22.7 Å². The van der Waals surface area contributed by atoms with E-state index in [1.807, 2.05) is 74.5 Å². The van der Waals surface area contributed by atoms with E-state index in [0.29, 0.717) is 41.8 Å². The summed E-state index contributed by atoms with van der Waals surface area (Å²) in [6.07, 6.45) is 7.00. The Morgan fingerprint density at radius 1 is 0.403 bits per heavy atom. The summed E-state index contributed by atoms with van der Waals surface area (Å²) < 4.78 is 0. The zero-order valence-electron chi connectivity index (χ0n) is 41.0. The van der Waals surface area contributed by atoms with Crippen LogP contribution in [0.25, 0.3) is 0 Å². The summed E-state index contributed by atoms with van der Waals surface area (Å²) >= 11 is 31.5. The molecule has 0 bridgehead atoms. The standard InChI is InChI=1S/C19H20N4O2S2.C15H24N4O2S2.C13H20N4O2S2.6CH4/c1-22(18(26)14-9-5-3-6-10-14)20-16(24)13-17(25)21-23(2)19(27)15-11-7-4-8-12-15;1-14(5-6-14)12(22)18(3)16-10(20)9-11(21)17-19(4)13(23)15(2)7-8-15;1-16(12(20)8-3-4-8)14-10(18)7-11(19)15-17(2)13(21)9-5-6-9;;;;;;/h3-12H,13H2,1-2H3,(H,20,24)(H,21,25);5-9H2,1-4H3,(H,16,20)(H,17,21);8-9H,3-7H2,1-2H3,(H,14,18)(H,15,19);6*1H4/p-6. The van der Waals surface area contributed by atoms with Gasteiger partial charge in [0.25, 0.3) is 0 Å². The van der Waals surface area contributed by atoms with Gasteiger partial charge in [0, 0.05) is 95.3 Å². The molecule has 0 atom stereocenters. The van der Waals surface area contributed by atoms with E-state index in [2.05, 4.69) is 30.6 Å². The summed E-state index contributed by atoms with van der Waals surface area (Å²) in [5.74, 6) is -2.75. The van der Waals surface area contributed by atoms with E-state index >= 15 is 0 Å². The maximum Gasteiger partial charge on any atom is 0.129 e. The molecular formula is C53H82N12O6S6-6. The molecule has 0 amide bonds. The lowest BCUT2D eigenvalue weighted by Crippen LogP contribution is -2.36. The maximum absolute atomic E-state index is 12.0. The summed E-state index contributed by atoms with van der Waals surface area (Å²) in [5, 5.41) is 102. The number of hydrazone groups is 6. The minimum Gasteiger partial charge on any atom is -0.860 e. The minimum absolute atomic E-state index is 0. The monoisotopic (exact) mass is 1170 g/mol. The van der Waals surface area contributed by atoms with Crippen molar-refractivity contribution in [3.63, 3.8) is 0 Å². The van der Waals surface area contributed by atoms with Crippen molar-refractivity contribution in [1.82, 2.24) is 30.1 Å². The van der Waals surface area contributed by atoms with Crippen LogP contribution in [-0.2, 0) is 0 Å². The molecule has 0 aromatic heterocycles. The summed E-state index contributed by atoms with van der Waals surface area (Å²) in [5.41, 5.74) is 1.45. The van der Waals surface area contributed by atoms with Crippen LogP contribution in [0.15, 0.2) is 91.3 Å². The quantitative estimate of drug-likeness (QED) is 0.0714. The average Bonchev–Trinajstić information content (AvgIpc) is 4.09. The van der Waals surface area contributed by atoms with Crippen molar-refractivity contribution in [2.45, 2.75) is 129 Å². The lowest BCUT2D eigenvalue weighted by atomic mass is 10.1. The van der Waals surface area contributed by atoms with Crippen molar-refractivity contribution < 1.29 is 30.6 Å². The molecule has 18 nitrogen and oxygen atoms in total. The van der Waals surface area contributed by atoms with Crippen molar-refractivity contribution in [3.05, 3.63) is 71.8 Å². The van der Waals surface area contributed by atoms with Gasteiger partial charge in [-0.15, -0.1) is 0 Å². The molecule has 6 rings (SSSR count). The zero-order chi connectivity index (χ0) is 52.8. The van der Waals surface area contributed by atoms with Gasteiger partial charge in [0.1, 0.15) is 29.9 Å². The van der Waals surface area contributed by atoms with Crippen molar-refractivity contribution in [1.29, 1.82) is 0 Å². The first kappa shape index (κ1) is 75.8. The van der Waals surface area contributed by atoms with Gasteiger partial charge in [-0.2, -0.15) is 30.6 Å². The van der Waals surface area contributed by atoms with E-state index in [1.54, 1.807) is 42.3 Å². The fourth-order valence-corrected chi connectivity index (χ4v) is 7.59. The first-order valence-electron chi connectivity index (χ1n) is 22.6. The Morgan fingerprint density at radius 3 is 0.844 bits per heavy atom. The second kappa shape index (κ2) is 34.5. The van der Waals surface area contributed by atoms with Crippen LogP contribution in [0.4, 0.5) is 0 Å². The second-order valence-electron chi connectivity index (χ2n) is 17.9. The van der Waals surface area contributed by atoms with Gasteiger partial charge < -0.3 is 30.6 Å². The third kappa shape index (κ3) is 25.3. The van der Waals surface area contributed by atoms with E-state index in [0.717, 1.165) is 62.5 Å². The first-order chi connectivity index (χ1) is 33.3. The number of hydrogen-bond acceptors (Lipinski definition) is 18. The number of nitrogens with zero attached hydrogens (tertiary/aromatic N) is 12. The van der Waals surface area contributed by atoms with Gasteiger partial charge in [0.2, 0.25) is 0 Å². The van der Waals surface area contributed by atoms with Gasteiger partial charge in [0.15, 0.2) is 0 Å². The third-order valence-corrected chi connectivity index (χ3v) is 14.9. The van der Waals surface area contributed by atoms with Crippen LogP contribution in [0.2, 0.25) is 0 Å². The molecule has 24 heteroatoms. The maximum atomic E-state index is 12.0. The molecule has 0 radical (unpaired) electrons. The van der Waals surface area contributed by atoms with Crippen molar-refractivity contribution in [2.24, 2.45) is 53.3 Å². The largest absolute Gasteiger partial charge is 0.860 e. The molecule has 4 aliphatic carbocycles. The molecule has 2 aromatic carbocycles. The van der Waals surface area contributed by atoms with Crippen LogP contribution < -0.4 is 30.6 Å². The summed E-state index contributed by atoms with van der Waals surface area (Å²) in [6, 6.07) is 18.4. The lowest BCUT2D eigenvalue weighted by molar-refractivity contribution is -0.235. The topological polar surface area (TPSA) is 232 Å². The highest BCUT2D eigenvalue weighted by Crippen LogP contribution is 2.48. The van der Waals surface area contributed by atoms with Crippen LogP contribution in [0.1, 0.15) is 140 Å². The molecule has 77 heavy (non-hydrogen) atoms. The van der Waals surface area contributed by atoms with Crippen molar-refractivity contribution in [2.75, 3.05) is 42.3 Å². The Bertz CT molecular complexity index is 2290. The Balaban J connectivity index is -0.00000103. The molecule has 432 valence electrons. The second-order valence-corrected chi connectivity index (χ2v) is 20.3. The van der Waals surface area contributed by atoms with E-state index in [4.69, 9.17) is 73.3 Å². The van der Waals surface area contributed by atoms with E-state index in [1.165, 1.54) is 30.1 Å². The van der Waals surface area contributed by atoms with Crippen LogP contribution in [-0.4, -0.2) is 138 Å². The molecule has 0 N–H and O–H groups in total. The molecule has 2 aromatic rings. The smallest absolute Gasteiger partial charge is 0.129 e. The Morgan fingerprint density at radius 2 is 0.623 bits per heavy atom. The number of rotatable bonds is 18. The van der Waals surface area contributed by atoms with Gasteiger partial charge in [0.05, 0.1) is 0 Å². The molecule has 0 saturated heterocycles. The average molecular weight is 1180 g/mol. The predicted molar refractivity (Wildman–Crippen MR) is 332 cm³/mol. The van der Waals surface area contributed by atoms with Crippen LogP contribution in [0.3, 0.4) is 0 Å². The van der Waals surface area contributed by atoms with Crippen LogP contribution in [0.5, 0.6) is 0 Å². The normalized spacial score (nSPS) is 15.8. The van der Waals surface area contributed by atoms with Gasteiger partial charge in [-0.25, -0.2) is 0 Å². The SMILES string of the molecule is C.C.C.C.C.C.CN(/N=C(\[O-])C/C([O-])=N/N(C)C(=S)C1(C)CC1)C(=S)C1(C)CC1.CN(/N=C(\[O-])C/C([O-])=N/N(C)C(=S)C1CC1)C(=S)C1CC1.CN(/N=C(\[O-])C/C([O-])=N/N(C)C(=S)c1ccccc1)C(=S)c1ccccc1. The summed E-state index contributed by atoms with van der Waals surface area (Å²) in [7, 11) is 9.67. The van der Waals surface area contributed by atoms with Gasteiger partial charge >= 0.3 is 0 Å². The lowest BCUT2D eigenvalue weighted by Gasteiger charge is -2.25. The highest BCUT2D eigenvalue weighted by molar-refractivity contribution is 7.81. The number of thiocarbonyl (C=S) groups is 6. The Kier molecular flexibility index (Phi) is 34.0. The minimum atomic E-state index is -0.636. The highest BCUT2D eigenvalue weighted by Gasteiger charge is 2.44. The first-order valence-corrected chi connectivity index (χ1v) is 25.0. The molecule has 4 aliphatic rings. The molecule has 0 unspecified atom stereocenters. The van der Waals surface area contributed by atoms with Gasteiger partial charge in [-0.3, -0.25) is 30.1 Å². The zero-order valence-corrected chi connectivity index (χ0v) is 45.9. The Hall–Kier alpha value is -5.40. The number of hydrogen-bond donors (Lipinski definition) is 0. The van der Waals surface area contributed by atoms with Crippen LogP contribution >= 0.6 is 73.3 Å². The molecule has 0 aliphatic heterocycles. The summed E-state index contributed by atoms with van der Waals surface area (Å²) in [6.45, 7) is 4.08. The fourth-order valence-electron chi connectivity index (χ4n) is 6.19. The number of benzene rings is 2. The Labute approximate surface area is 492 Å². The highest BCUT2D eigenvalue weighted by atomic mass is 32.1. The predicted octanol–water partition coefficient (Wildman–Crippen LogP) is 6.06. The van der Waals surface area contributed by atoms with E-state index in [-0.39, 0.29) is 68.2 Å².